The van der Waals surface area contributed by atoms with Gasteiger partial charge in [-0.1, -0.05) is 36.4 Å². The molecular formula is C22H20F3NO2S. The van der Waals surface area contributed by atoms with Gasteiger partial charge in [0.1, 0.15) is 0 Å². The molecule has 1 aliphatic rings. The SMILES string of the molecule is O=C(O)C1CCCN(C(c2ccccc2C(F)(F)F)c2csc3ccccc23)C1. The molecule has 2 atom stereocenters. The molecule has 1 saturated heterocycles. The molecule has 2 unspecified atom stereocenters. The summed E-state index contributed by atoms with van der Waals surface area (Å²) in [6.07, 6.45) is -3.30. The van der Waals surface area contributed by atoms with E-state index in [0.717, 1.165) is 21.7 Å². The lowest BCUT2D eigenvalue weighted by Gasteiger charge is -2.38. The number of piperidine rings is 1. The van der Waals surface area contributed by atoms with Gasteiger partial charge >= 0.3 is 12.1 Å². The Labute approximate surface area is 170 Å². The minimum absolute atomic E-state index is 0.176. The molecule has 7 heteroatoms. The molecule has 2 aromatic carbocycles. The van der Waals surface area contributed by atoms with Crippen LogP contribution in [0.2, 0.25) is 0 Å². The van der Waals surface area contributed by atoms with E-state index in [1.54, 1.807) is 6.07 Å². The molecule has 4 rings (SSSR count). The van der Waals surface area contributed by atoms with Crippen molar-refractivity contribution in [2.75, 3.05) is 13.1 Å². The highest BCUT2D eigenvalue weighted by molar-refractivity contribution is 7.17. The zero-order chi connectivity index (χ0) is 20.6. The Morgan fingerprint density at radius 1 is 1.10 bits per heavy atom. The fraction of sp³-hybridized carbons (Fsp3) is 0.318. The number of likely N-dealkylation sites (tertiary alicyclic amines) is 1. The number of carboxylic acid groups (broad SMARTS) is 1. The van der Waals surface area contributed by atoms with Crippen LogP contribution >= 0.6 is 11.3 Å². The predicted molar refractivity (Wildman–Crippen MR) is 107 cm³/mol. The Kier molecular flexibility index (Phi) is 5.36. The molecule has 1 aliphatic heterocycles. The standard InChI is InChI=1S/C22H20F3NO2S/c23-22(24,25)18-9-3-1-8-16(18)20(26-11-5-6-14(12-26)21(27)28)17-13-29-19-10-4-2-7-15(17)19/h1-4,7-10,13-14,20H,5-6,11-12H2,(H,27,28). The summed E-state index contributed by atoms with van der Waals surface area (Å²) in [6, 6.07) is 12.6. The van der Waals surface area contributed by atoms with Crippen LogP contribution in [0.4, 0.5) is 13.2 Å². The van der Waals surface area contributed by atoms with Crippen LogP contribution in [0.15, 0.2) is 53.9 Å². The van der Waals surface area contributed by atoms with Crippen LogP contribution in [-0.2, 0) is 11.0 Å². The molecule has 0 amide bonds. The summed E-state index contributed by atoms with van der Waals surface area (Å²) in [5.41, 5.74) is 0.306. The maximum Gasteiger partial charge on any atom is 0.416 e. The minimum atomic E-state index is -4.48. The molecule has 0 aliphatic carbocycles. The van der Waals surface area contributed by atoms with Crippen LogP contribution in [0.3, 0.4) is 0 Å². The highest BCUT2D eigenvalue weighted by Crippen LogP contribution is 2.43. The number of carbonyl (C=O) groups is 1. The predicted octanol–water partition coefficient (Wildman–Crippen LogP) is 5.81. The van der Waals surface area contributed by atoms with Crippen molar-refractivity contribution in [3.05, 3.63) is 70.6 Å². The van der Waals surface area contributed by atoms with Crippen LogP contribution in [0.5, 0.6) is 0 Å². The average molecular weight is 419 g/mol. The topological polar surface area (TPSA) is 40.5 Å². The fourth-order valence-corrected chi connectivity index (χ4v) is 5.19. The molecule has 1 N–H and O–H groups in total. The van der Waals surface area contributed by atoms with Crippen molar-refractivity contribution in [1.29, 1.82) is 0 Å². The second-order valence-corrected chi connectivity index (χ2v) is 8.26. The van der Waals surface area contributed by atoms with Crippen molar-refractivity contribution < 1.29 is 23.1 Å². The Morgan fingerprint density at radius 3 is 2.59 bits per heavy atom. The van der Waals surface area contributed by atoms with Crippen molar-refractivity contribution in [2.45, 2.75) is 25.1 Å². The van der Waals surface area contributed by atoms with Gasteiger partial charge in [0.25, 0.3) is 0 Å². The second kappa shape index (κ2) is 7.80. The number of hydrogen-bond donors (Lipinski definition) is 1. The van der Waals surface area contributed by atoms with Gasteiger partial charge in [0, 0.05) is 11.2 Å². The van der Waals surface area contributed by atoms with E-state index in [1.165, 1.54) is 23.5 Å². The van der Waals surface area contributed by atoms with E-state index in [4.69, 9.17) is 0 Å². The summed E-state index contributed by atoms with van der Waals surface area (Å²) in [6.45, 7) is 0.793. The number of fused-ring (bicyclic) bond motifs is 1. The molecule has 2 heterocycles. The first-order valence-corrected chi connectivity index (χ1v) is 10.3. The zero-order valence-electron chi connectivity index (χ0n) is 15.5. The number of benzene rings is 2. The molecule has 1 aromatic heterocycles. The van der Waals surface area contributed by atoms with Crippen LogP contribution < -0.4 is 0 Å². The first-order chi connectivity index (χ1) is 13.9. The lowest BCUT2D eigenvalue weighted by atomic mass is 9.89. The number of nitrogens with zero attached hydrogens (tertiary/aromatic N) is 1. The van der Waals surface area contributed by atoms with Gasteiger partial charge in [-0.3, -0.25) is 9.69 Å². The monoisotopic (exact) mass is 419 g/mol. The number of rotatable bonds is 4. The van der Waals surface area contributed by atoms with Crippen molar-refractivity contribution in [3.63, 3.8) is 0 Å². The van der Waals surface area contributed by atoms with Gasteiger partial charge in [0.15, 0.2) is 0 Å². The molecule has 29 heavy (non-hydrogen) atoms. The Bertz CT molecular complexity index is 1030. The molecule has 3 aromatic rings. The molecule has 0 bridgehead atoms. The minimum Gasteiger partial charge on any atom is -0.481 e. The molecular weight excluding hydrogens is 399 g/mol. The Hall–Kier alpha value is -2.38. The number of alkyl halides is 3. The number of carboxylic acids is 1. The first-order valence-electron chi connectivity index (χ1n) is 9.45. The van der Waals surface area contributed by atoms with Crippen molar-refractivity contribution in [1.82, 2.24) is 4.90 Å². The summed E-state index contributed by atoms with van der Waals surface area (Å²) in [7, 11) is 0. The molecule has 1 fully saturated rings. The molecule has 0 radical (unpaired) electrons. The quantitative estimate of drug-likeness (QED) is 0.581. The summed E-state index contributed by atoms with van der Waals surface area (Å²) < 4.78 is 42.5. The van der Waals surface area contributed by atoms with Crippen molar-refractivity contribution >= 4 is 27.4 Å². The normalized spacial score (nSPS) is 19.3. The Morgan fingerprint density at radius 2 is 1.83 bits per heavy atom. The fourth-order valence-electron chi connectivity index (χ4n) is 4.21. The summed E-state index contributed by atoms with van der Waals surface area (Å²) >= 11 is 1.50. The van der Waals surface area contributed by atoms with Gasteiger partial charge < -0.3 is 5.11 Å². The third-order valence-electron chi connectivity index (χ3n) is 5.53. The van der Waals surface area contributed by atoms with E-state index in [-0.39, 0.29) is 12.1 Å². The largest absolute Gasteiger partial charge is 0.481 e. The van der Waals surface area contributed by atoms with Gasteiger partial charge in [-0.15, -0.1) is 11.3 Å². The van der Waals surface area contributed by atoms with E-state index in [2.05, 4.69) is 0 Å². The third kappa shape index (κ3) is 3.89. The van der Waals surface area contributed by atoms with E-state index in [1.807, 2.05) is 34.5 Å². The van der Waals surface area contributed by atoms with Gasteiger partial charge in [-0.05, 0) is 53.4 Å². The average Bonchev–Trinajstić information content (AvgIpc) is 3.12. The van der Waals surface area contributed by atoms with Crippen molar-refractivity contribution in [2.24, 2.45) is 5.92 Å². The number of halogens is 3. The van der Waals surface area contributed by atoms with Gasteiger partial charge in [-0.2, -0.15) is 13.2 Å². The van der Waals surface area contributed by atoms with Gasteiger partial charge in [0.2, 0.25) is 0 Å². The molecule has 0 saturated carbocycles. The van der Waals surface area contributed by atoms with Crippen LogP contribution in [0, 0.1) is 5.92 Å². The van der Waals surface area contributed by atoms with E-state index < -0.39 is 29.7 Å². The molecule has 152 valence electrons. The summed E-state index contributed by atoms with van der Waals surface area (Å²) in [5, 5.41) is 12.3. The smallest absolute Gasteiger partial charge is 0.416 e. The molecule has 3 nitrogen and oxygen atoms in total. The Balaban J connectivity index is 1.88. The van der Waals surface area contributed by atoms with Crippen molar-refractivity contribution in [3.8, 4) is 0 Å². The van der Waals surface area contributed by atoms with Crippen LogP contribution in [0.1, 0.15) is 35.6 Å². The third-order valence-corrected chi connectivity index (χ3v) is 6.52. The summed E-state index contributed by atoms with van der Waals surface area (Å²) in [4.78, 5) is 13.5. The first kappa shape index (κ1) is 19.9. The van der Waals surface area contributed by atoms with E-state index in [0.29, 0.717) is 19.4 Å². The number of hydrogen-bond acceptors (Lipinski definition) is 3. The summed E-state index contributed by atoms with van der Waals surface area (Å²) in [5.74, 6) is -1.47. The maximum atomic E-state index is 13.8. The van der Waals surface area contributed by atoms with Gasteiger partial charge in [0.05, 0.1) is 17.5 Å². The highest BCUT2D eigenvalue weighted by Gasteiger charge is 2.39. The van der Waals surface area contributed by atoms with E-state index in [9.17, 15) is 23.1 Å². The zero-order valence-corrected chi connectivity index (χ0v) is 16.3. The second-order valence-electron chi connectivity index (χ2n) is 7.35. The maximum absolute atomic E-state index is 13.8. The van der Waals surface area contributed by atoms with Crippen LogP contribution in [0.25, 0.3) is 10.1 Å². The highest BCUT2D eigenvalue weighted by atomic mass is 32.1. The lowest BCUT2D eigenvalue weighted by Crippen LogP contribution is -2.41. The lowest BCUT2D eigenvalue weighted by molar-refractivity contribution is -0.144. The number of aliphatic carboxylic acids is 1. The molecule has 0 spiro atoms. The van der Waals surface area contributed by atoms with Gasteiger partial charge in [-0.25, -0.2) is 0 Å². The number of thiophene rings is 1. The van der Waals surface area contributed by atoms with Crippen LogP contribution in [-0.4, -0.2) is 29.1 Å². The van der Waals surface area contributed by atoms with E-state index >= 15 is 0 Å².